The van der Waals surface area contributed by atoms with Crippen molar-refractivity contribution in [1.29, 1.82) is 0 Å². The molecular weight excluding hydrogens is 452 g/mol. The third-order valence-corrected chi connectivity index (χ3v) is 6.74. The largest absolute Gasteiger partial charge is 0.494 e. The molecule has 1 saturated heterocycles. The van der Waals surface area contributed by atoms with Gasteiger partial charge in [-0.15, -0.1) is 0 Å². The van der Waals surface area contributed by atoms with Crippen molar-refractivity contribution < 1.29 is 19.1 Å². The second-order valence-corrected chi connectivity index (χ2v) is 9.75. The Morgan fingerprint density at radius 3 is 2.64 bits per heavy atom. The van der Waals surface area contributed by atoms with E-state index in [1.807, 2.05) is 24.3 Å². The Balaban J connectivity index is 1.34. The lowest BCUT2D eigenvalue weighted by Gasteiger charge is -2.27. The van der Waals surface area contributed by atoms with E-state index in [1.54, 1.807) is 0 Å². The van der Waals surface area contributed by atoms with E-state index < -0.39 is 5.97 Å². The van der Waals surface area contributed by atoms with Crippen LogP contribution >= 0.6 is 0 Å². The molecule has 1 aromatic heterocycles. The zero-order valence-electron chi connectivity index (χ0n) is 21.3. The molecule has 1 N–H and O–H groups in total. The van der Waals surface area contributed by atoms with E-state index in [2.05, 4.69) is 59.2 Å². The number of carboxylic acids is 1. The van der Waals surface area contributed by atoms with Gasteiger partial charge in [0.25, 0.3) is 0 Å². The smallest absolute Gasteiger partial charge is 0.307 e. The van der Waals surface area contributed by atoms with Crippen molar-refractivity contribution in [1.82, 2.24) is 4.90 Å². The minimum Gasteiger partial charge on any atom is -0.494 e. The highest BCUT2D eigenvalue weighted by molar-refractivity contribution is 5.70. The number of aliphatic carboxylic acids is 1. The maximum Gasteiger partial charge on any atom is 0.307 e. The van der Waals surface area contributed by atoms with Gasteiger partial charge in [0.15, 0.2) is 5.88 Å². The zero-order chi connectivity index (χ0) is 25.2. The first-order valence-electron chi connectivity index (χ1n) is 13.1. The van der Waals surface area contributed by atoms with Gasteiger partial charge in [-0.1, -0.05) is 49.4 Å². The lowest BCUT2D eigenvalue weighted by Crippen LogP contribution is -2.30. The first kappa shape index (κ1) is 25.8. The van der Waals surface area contributed by atoms with Crippen LogP contribution in [-0.4, -0.2) is 48.8 Å². The molecule has 0 bridgehead atoms. The lowest BCUT2D eigenvalue weighted by atomic mass is 10.0. The van der Waals surface area contributed by atoms with Gasteiger partial charge in [-0.3, -0.25) is 9.69 Å². The molecule has 2 aromatic carbocycles. The summed E-state index contributed by atoms with van der Waals surface area (Å²) in [6.45, 7) is 7.57. The highest BCUT2D eigenvalue weighted by Crippen LogP contribution is 2.24. The number of carboxylic acid groups (broad SMARTS) is 1. The number of anilines is 1. The number of hydrogen-bond donors (Lipinski definition) is 1. The minimum atomic E-state index is -0.836. The number of nitrogens with zero attached hydrogens (tertiary/aromatic N) is 2. The molecular formula is C30H38N2O4. The fraction of sp³-hybridized carbons (Fsp3) is 0.433. The minimum absolute atomic E-state index is 0.00488. The fourth-order valence-corrected chi connectivity index (χ4v) is 4.86. The van der Waals surface area contributed by atoms with Crippen LogP contribution in [0.2, 0.25) is 0 Å². The van der Waals surface area contributed by atoms with Crippen molar-refractivity contribution in [3.05, 3.63) is 83.6 Å². The van der Waals surface area contributed by atoms with Gasteiger partial charge in [-0.2, -0.15) is 0 Å². The molecule has 36 heavy (non-hydrogen) atoms. The molecule has 0 aliphatic carbocycles. The number of rotatable bonds is 13. The van der Waals surface area contributed by atoms with Gasteiger partial charge in [-0.25, -0.2) is 0 Å². The summed E-state index contributed by atoms with van der Waals surface area (Å²) in [6.07, 6.45) is 4.64. The first-order chi connectivity index (χ1) is 17.6. The Labute approximate surface area is 214 Å². The van der Waals surface area contributed by atoms with Crippen LogP contribution in [0.15, 0.2) is 71.1 Å². The molecule has 1 atom stereocenters. The normalized spacial score (nSPS) is 14.7. The van der Waals surface area contributed by atoms with Gasteiger partial charge in [0.1, 0.15) is 11.5 Å². The van der Waals surface area contributed by atoms with Gasteiger partial charge < -0.3 is 19.2 Å². The second kappa shape index (κ2) is 13.2. The van der Waals surface area contributed by atoms with Gasteiger partial charge in [0.2, 0.25) is 0 Å². The maximum absolute atomic E-state index is 11.0. The van der Waals surface area contributed by atoms with Crippen molar-refractivity contribution >= 4 is 11.9 Å². The van der Waals surface area contributed by atoms with Crippen LogP contribution in [0.3, 0.4) is 0 Å². The van der Waals surface area contributed by atoms with Crippen LogP contribution in [0, 0.1) is 0 Å². The third-order valence-electron chi connectivity index (χ3n) is 6.74. The summed E-state index contributed by atoms with van der Waals surface area (Å²) in [5.74, 6) is 2.27. The average Bonchev–Trinajstić information content (AvgIpc) is 3.36. The van der Waals surface area contributed by atoms with E-state index in [0.717, 1.165) is 62.1 Å². The van der Waals surface area contributed by atoms with Crippen molar-refractivity contribution in [3.63, 3.8) is 0 Å². The van der Waals surface area contributed by atoms with Crippen molar-refractivity contribution in [2.24, 2.45) is 0 Å². The monoisotopic (exact) mass is 490 g/mol. The SMILES string of the molecule is C[C@@H](CN(CCCOc1cccc(CC(=O)O)c1)Cc1ccc(N2CCCCC2)o1)c1ccccc1. The number of hydrogen-bond acceptors (Lipinski definition) is 5. The summed E-state index contributed by atoms with van der Waals surface area (Å²) in [5, 5.41) is 9.03. The van der Waals surface area contributed by atoms with E-state index in [-0.39, 0.29) is 6.42 Å². The zero-order valence-corrected chi connectivity index (χ0v) is 21.3. The van der Waals surface area contributed by atoms with Crippen molar-refractivity contribution in [2.75, 3.05) is 37.7 Å². The van der Waals surface area contributed by atoms with E-state index in [4.69, 9.17) is 14.3 Å². The van der Waals surface area contributed by atoms with Gasteiger partial charge >= 0.3 is 5.97 Å². The molecule has 1 fully saturated rings. The summed E-state index contributed by atoms with van der Waals surface area (Å²) in [6, 6.07) is 22.2. The van der Waals surface area contributed by atoms with Gasteiger partial charge in [-0.05, 0) is 60.9 Å². The van der Waals surface area contributed by atoms with Gasteiger partial charge in [0.05, 0.1) is 19.6 Å². The molecule has 0 unspecified atom stereocenters. The lowest BCUT2D eigenvalue weighted by molar-refractivity contribution is -0.136. The molecule has 1 aliphatic rings. The van der Waals surface area contributed by atoms with E-state index in [1.165, 1.54) is 24.8 Å². The third kappa shape index (κ3) is 7.89. The molecule has 192 valence electrons. The number of ether oxygens (including phenoxy) is 1. The highest BCUT2D eigenvalue weighted by atomic mass is 16.5. The summed E-state index contributed by atoms with van der Waals surface area (Å²) in [7, 11) is 0. The van der Waals surface area contributed by atoms with Gasteiger partial charge in [0, 0.05) is 32.2 Å². The summed E-state index contributed by atoms with van der Waals surface area (Å²) in [5.41, 5.74) is 2.09. The topological polar surface area (TPSA) is 66.2 Å². The van der Waals surface area contributed by atoms with Crippen LogP contribution in [0.5, 0.6) is 5.75 Å². The van der Waals surface area contributed by atoms with Crippen LogP contribution in [-0.2, 0) is 17.8 Å². The first-order valence-corrected chi connectivity index (χ1v) is 13.1. The van der Waals surface area contributed by atoms with Crippen LogP contribution < -0.4 is 9.64 Å². The number of carbonyl (C=O) groups is 1. The number of furan rings is 1. The Morgan fingerprint density at radius 1 is 1.06 bits per heavy atom. The standard InChI is InChI=1S/C30H38N2O4/c1-24(26-11-4-2-5-12-26)22-31(23-28-14-15-29(36-28)32-17-6-3-7-18-32)16-9-19-35-27-13-8-10-25(20-27)21-30(33)34/h2,4-5,8,10-15,20,24H,3,6-7,9,16-19,21-23H2,1H3,(H,33,34)/t24-/m0/s1. The molecule has 0 spiro atoms. The molecule has 0 amide bonds. The molecule has 4 rings (SSSR count). The Bertz CT molecular complexity index is 1080. The van der Waals surface area contributed by atoms with Crippen LogP contribution in [0.25, 0.3) is 0 Å². The molecule has 6 heteroatoms. The number of benzene rings is 2. The summed E-state index contributed by atoms with van der Waals surface area (Å²) >= 11 is 0. The summed E-state index contributed by atoms with van der Waals surface area (Å²) < 4.78 is 12.2. The molecule has 0 radical (unpaired) electrons. The Kier molecular flexibility index (Phi) is 9.45. The van der Waals surface area contributed by atoms with Crippen molar-refractivity contribution in [3.8, 4) is 5.75 Å². The fourth-order valence-electron chi connectivity index (χ4n) is 4.86. The maximum atomic E-state index is 11.0. The average molecular weight is 491 g/mol. The molecule has 6 nitrogen and oxygen atoms in total. The molecule has 3 aromatic rings. The predicted molar refractivity (Wildman–Crippen MR) is 143 cm³/mol. The Hall–Kier alpha value is -3.25. The quantitative estimate of drug-likeness (QED) is 0.298. The van der Waals surface area contributed by atoms with Crippen LogP contribution in [0.1, 0.15) is 55.4 Å². The van der Waals surface area contributed by atoms with Crippen LogP contribution in [0.4, 0.5) is 5.88 Å². The molecule has 1 aliphatic heterocycles. The molecule has 2 heterocycles. The second-order valence-electron chi connectivity index (χ2n) is 9.75. The highest BCUT2D eigenvalue weighted by Gasteiger charge is 2.17. The van der Waals surface area contributed by atoms with Crippen molar-refractivity contribution in [2.45, 2.75) is 51.5 Å². The van der Waals surface area contributed by atoms with E-state index >= 15 is 0 Å². The number of piperidine rings is 1. The van der Waals surface area contributed by atoms with E-state index in [0.29, 0.717) is 12.5 Å². The summed E-state index contributed by atoms with van der Waals surface area (Å²) in [4.78, 5) is 15.8. The molecule has 0 saturated carbocycles. The Morgan fingerprint density at radius 2 is 1.86 bits per heavy atom. The van der Waals surface area contributed by atoms with E-state index in [9.17, 15) is 4.79 Å². The predicted octanol–water partition coefficient (Wildman–Crippen LogP) is 5.97.